The Bertz CT molecular complexity index is 1400. The highest BCUT2D eigenvalue weighted by Crippen LogP contribution is 2.35. The molecule has 0 aromatic heterocycles. The van der Waals surface area contributed by atoms with E-state index in [1.165, 1.54) is 28.6 Å². The van der Waals surface area contributed by atoms with Gasteiger partial charge in [0, 0.05) is 23.6 Å². The maximum Gasteiger partial charge on any atom is 0.354 e. The first-order valence-electron chi connectivity index (χ1n) is 12.7. The summed E-state index contributed by atoms with van der Waals surface area (Å²) in [5.74, 6) is -2.11. The predicted molar refractivity (Wildman–Crippen MR) is 154 cm³/mol. The van der Waals surface area contributed by atoms with Crippen molar-refractivity contribution in [3.05, 3.63) is 107 Å². The number of fused-ring (bicyclic) bond motifs is 1. The number of allylic oxidation sites excluding steroid dienone is 2. The average molecular weight is 508 g/mol. The van der Waals surface area contributed by atoms with Gasteiger partial charge in [-0.1, -0.05) is 69.3 Å². The third-order valence-electron chi connectivity index (χ3n) is 6.58. The number of para-hydroxylation sites is 1. The summed E-state index contributed by atoms with van der Waals surface area (Å²) in [7, 11) is 0. The van der Waals surface area contributed by atoms with Crippen molar-refractivity contribution in [1.82, 2.24) is 0 Å². The number of carbonyl (C=O) groups is 2. The number of carboxylic acid groups (broad SMARTS) is 1. The zero-order valence-electron chi connectivity index (χ0n) is 22.0. The molecule has 1 aliphatic heterocycles. The van der Waals surface area contributed by atoms with Crippen LogP contribution in [0.1, 0.15) is 43.9 Å². The molecule has 38 heavy (non-hydrogen) atoms. The average Bonchev–Trinajstić information content (AvgIpc) is 2.90. The summed E-state index contributed by atoms with van der Waals surface area (Å²) in [5.41, 5.74) is 5.49. The molecular weight excluding hydrogens is 474 g/mol. The second-order valence-corrected chi connectivity index (χ2v) is 10.4. The van der Waals surface area contributed by atoms with Crippen LogP contribution in [0.3, 0.4) is 0 Å². The fourth-order valence-corrected chi connectivity index (χ4v) is 4.49. The van der Waals surface area contributed by atoms with Crippen LogP contribution in [0.15, 0.2) is 90.5 Å². The number of nitrogens with one attached hydrogen (secondary N) is 2. The van der Waals surface area contributed by atoms with Crippen molar-refractivity contribution in [3.63, 3.8) is 0 Å². The summed E-state index contributed by atoms with van der Waals surface area (Å²) in [4.78, 5) is 26.5. The Labute approximate surface area is 223 Å². The van der Waals surface area contributed by atoms with Crippen molar-refractivity contribution in [3.8, 4) is 0 Å². The van der Waals surface area contributed by atoms with E-state index in [0.717, 1.165) is 24.9 Å². The summed E-state index contributed by atoms with van der Waals surface area (Å²) >= 11 is 0. The van der Waals surface area contributed by atoms with Gasteiger partial charge in [0.25, 0.3) is 5.91 Å². The number of amides is 1. The maximum absolute atomic E-state index is 12.7. The summed E-state index contributed by atoms with van der Waals surface area (Å²) in [6.45, 7) is 7.60. The minimum Gasteiger partial charge on any atom is -0.477 e. The van der Waals surface area contributed by atoms with E-state index in [1.807, 2.05) is 18.2 Å². The van der Waals surface area contributed by atoms with E-state index in [2.05, 4.69) is 67.4 Å². The standard InChI is InChI=1S/C32H33N3O3/c1-32(2,3)24-15-17-26(18-16-24)35-20-8-10-23-21-22(14-19-28(23)35)9-7-13-27(29(33)31(37)38)30(36)34-25-11-5-4-6-12-25/h4-7,9,11-19,21,33H,8,10,20H2,1-3H3,(H,34,36)(H,37,38)/b9-7+,27-13-,33-29?. The molecule has 3 N–H and O–H groups in total. The third-order valence-corrected chi connectivity index (χ3v) is 6.58. The van der Waals surface area contributed by atoms with Crippen molar-refractivity contribution in [2.45, 2.75) is 39.0 Å². The smallest absolute Gasteiger partial charge is 0.354 e. The molecule has 0 spiro atoms. The van der Waals surface area contributed by atoms with Gasteiger partial charge in [0.2, 0.25) is 0 Å². The molecule has 0 unspecified atom stereocenters. The molecule has 0 fully saturated rings. The number of rotatable bonds is 7. The van der Waals surface area contributed by atoms with E-state index in [1.54, 1.807) is 30.3 Å². The first-order chi connectivity index (χ1) is 18.1. The van der Waals surface area contributed by atoms with Crippen molar-refractivity contribution in [2.75, 3.05) is 16.8 Å². The summed E-state index contributed by atoms with van der Waals surface area (Å²) in [5, 5.41) is 19.9. The van der Waals surface area contributed by atoms with Gasteiger partial charge in [0.15, 0.2) is 5.71 Å². The van der Waals surface area contributed by atoms with Crippen molar-refractivity contribution >= 4 is 40.7 Å². The Morgan fingerprint density at radius 3 is 2.37 bits per heavy atom. The maximum atomic E-state index is 12.7. The normalized spacial score (nSPS) is 13.8. The lowest BCUT2D eigenvalue weighted by molar-refractivity contribution is -0.129. The van der Waals surface area contributed by atoms with E-state index in [-0.39, 0.29) is 11.0 Å². The minimum atomic E-state index is -1.46. The first kappa shape index (κ1) is 26.6. The number of aryl methyl sites for hydroxylation is 1. The van der Waals surface area contributed by atoms with Gasteiger partial charge in [-0.05, 0) is 77.4 Å². The lowest BCUT2D eigenvalue weighted by Gasteiger charge is -2.32. The Balaban J connectivity index is 1.55. The van der Waals surface area contributed by atoms with Crippen LogP contribution in [0.2, 0.25) is 0 Å². The molecular formula is C32H33N3O3. The molecule has 0 atom stereocenters. The third kappa shape index (κ3) is 6.27. The Morgan fingerprint density at radius 2 is 1.71 bits per heavy atom. The highest BCUT2D eigenvalue weighted by Gasteiger charge is 2.21. The fourth-order valence-electron chi connectivity index (χ4n) is 4.49. The van der Waals surface area contributed by atoms with Crippen LogP contribution in [0.25, 0.3) is 6.08 Å². The molecule has 3 aromatic carbocycles. The Morgan fingerprint density at radius 1 is 1.00 bits per heavy atom. The van der Waals surface area contributed by atoms with Gasteiger partial charge < -0.3 is 15.3 Å². The largest absolute Gasteiger partial charge is 0.477 e. The summed E-state index contributed by atoms with van der Waals surface area (Å²) < 4.78 is 0. The van der Waals surface area contributed by atoms with Gasteiger partial charge in [-0.25, -0.2) is 4.79 Å². The predicted octanol–water partition coefficient (Wildman–Crippen LogP) is 6.75. The monoisotopic (exact) mass is 507 g/mol. The first-order valence-corrected chi connectivity index (χ1v) is 12.7. The second-order valence-electron chi connectivity index (χ2n) is 10.4. The zero-order chi connectivity index (χ0) is 27.3. The number of benzene rings is 3. The van der Waals surface area contributed by atoms with Gasteiger partial charge >= 0.3 is 5.97 Å². The SMILES string of the molecule is CC(C)(C)c1ccc(N2CCCc3cc(/C=C/C=C(/C(=N)C(=O)O)C(=O)Nc4ccccc4)ccc32)cc1. The van der Waals surface area contributed by atoms with Crippen molar-refractivity contribution < 1.29 is 14.7 Å². The quantitative estimate of drug-likeness (QED) is 0.187. The van der Waals surface area contributed by atoms with Crippen LogP contribution in [0, 0.1) is 5.41 Å². The van der Waals surface area contributed by atoms with E-state index < -0.39 is 17.6 Å². The van der Waals surface area contributed by atoms with Gasteiger partial charge in [-0.3, -0.25) is 10.2 Å². The van der Waals surface area contributed by atoms with E-state index in [4.69, 9.17) is 5.41 Å². The highest BCUT2D eigenvalue weighted by molar-refractivity contribution is 6.48. The minimum absolute atomic E-state index is 0.110. The second kappa shape index (κ2) is 11.3. The van der Waals surface area contributed by atoms with Crippen LogP contribution >= 0.6 is 0 Å². The number of hydrogen-bond donors (Lipinski definition) is 3. The molecule has 4 rings (SSSR count). The molecule has 3 aromatic rings. The molecule has 194 valence electrons. The van der Waals surface area contributed by atoms with Crippen LogP contribution in [-0.4, -0.2) is 29.2 Å². The molecule has 0 saturated heterocycles. The van der Waals surface area contributed by atoms with Gasteiger partial charge in [0.1, 0.15) is 0 Å². The summed E-state index contributed by atoms with van der Waals surface area (Å²) in [6, 6.07) is 23.8. The van der Waals surface area contributed by atoms with Crippen molar-refractivity contribution in [1.29, 1.82) is 5.41 Å². The molecule has 0 aliphatic carbocycles. The van der Waals surface area contributed by atoms with Crippen LogP contribution in [0.5, 0.6) is 0 Å². The van der Waals surface area contributed by atoms with Crippen molar-refractivity contribution in [2.24, 2.45) is 0 Å². The molecule has 0 saturated carbocycles. The zero-order valence-corrected chi connectivity index (χ0v) is 22.0. The molecule has 0 radical (unpaired) electrons. The molecule has 6 nitrogen and oxygen atoms in total. The van der Waals surface area contributed by atoms with Gasteiger partial charge in [0.05, 0.1) is 5.57 Å². The molecule has 1 amide bonds. The molecule has 1 heterocycles. The van der Waals surface area contributed by atoms with E-state index in [9.17, 15) is 14.7 Å². The lowest BCUT2D eigenvalue weighted by Crippen LogP contribution is -2.25. The molecule has 6 heteroatoms. The topological polar surface area (TPSA) is 93.5 Å². The Hall–Kier alpha value is -4.45. The van der Waals surface area contributed by atoms with Crippen LogP contribution in [-0.2, 0) is 21.4 Å². The number of nitrogens with zero attached hydrogens (tertiary/aromatic N) is 1. The number of hydrogen-bond acceptors (Lipinski definition) is 4. The van der Waals surface area contributed by atoms with Crippen LogP contribution < -0.4 is 10.2 Å². The Kier molecular flexibility index (Phi) is 7.91. The highest BCUT2D eigenvalue weighted by atomic mass is 16.4. The number of aliphatic carboxylic acids is 1. The lowest BCUT2D eigenvalue weighted by atomic mass is 9.87. The molecule has 1 aliphatic rings. The summed E-state index contributed by atoms with van der Waals surface area (Å²) in [6.07, 6.45) is 6.82. The van der Waals surface area contributed by atoms with E-state index in [0.29, 0.717) is 5.69 Å². The van der Waals surface area contributed by atoms with Crippen LogP contribution in [0.4, 0.5) is 17.1 Å². The van der Waals surface area contributed by atoms with E-state index >= 15 is 0 Å². The van der Waals surface area contributed by atoms with Gasteiger partial charge in [-0.2, -0.15) is 0 Å². The fraction of sp³-hybridized carbons (Fsp3) is 0.219. The molecule has 0 bridgehead atoms. The van der Waals surface area contributed by atoms with Gasteiger partial charge in [-0.15, -0.1) is 0 Å². The number of carbonyl (C=O) groups excluding carboxylic acids is 1. The number of anilines is 3. The number of carboxylic acids is 1.